The molecule has 4 nitrogen and oxygen atoms in total. The third-order valence-corrected chi connectivity index (χ3v) is 4.75. The Labute approximate surface area is 113 Å². The predicted molar refractivity (Wildman–Crippen MR) is 69.7 cm³/mol. The number of hydrogen-bond donors (Lipinski definition) is 2. The van der Waals surface area contributed by atoms with Gasteiger partial charge in [-0.2, -0.15) is 0 Å². The Morgan fingerprint density at radius 1 is 1.27 bits per heavy atom. The minimum absolute atomic E-state index is 0.000857. The lowest BCUT2D eigenvalue weighted by atomic mass is 10.3. The zero-order valence-corrected chi connectivity index (χ0v) is 13.0. The molecule has 0 atom stereocenters. The molecule has 0 saturated heterocycles. The zero-order valence-electron chi connectivity index (χ0n) is 7.38. The van der Waals surface area contributed by atoms with Crippen LogP contribution in [0, 0.1) is 0 Å². The molecule has 0 aromatic heterocycles. The van der Waals surface area contributed by atoms with Gasteiger partial charge in [-0.05, 0) is 53.9 Å². The average Bonchev–Trinajstić information content (AvgIpc) is 2.08. The maximum atomic E-state index is 11.0. The first-order valence-electron chi connectivity index (χ1n) is 3.56. The molecule has 0 saturated carbocycles. The molecule has 0 amide bonds. The Kier molecular flexibility index (Phi) is 4.07. The SMILES string of the molecule is CS(=O)(=O)Nc1cc(Br)c(O)c(Br)c1Br. The van der Waals surface area contributed by atoms with Crippen molar-refractivity contribution >= 4 is 63.5 Å². The molecule has 1 aromatic rings. The van der Waals surface area contributed by atoms with E-state index < -0.39 is 10.0 Å². The minimum atomic E-state index is -3.35. The van der Waals surface area contributed by atoms with E-state index in [0.717, 1.165) is 6.26 Å². The number of phenols is 1. The van der Waals surface area contributed by atoms with Crippen LogP contribution in [0.1, 0.15) is 0 Å². The Balaban J connectivity index is 3.33. The molecule has 15 heavy (non-hydrogen) atoms. The van der Waals surface area contributed by atoms with Gasteiger partial charge in [-0.1, -0.05) is 0 Å². The average molecular weight is 424 g/mol. The van der Waals surface area contributed by atoms with Crippen molar-refractivity contribution in [1.82, 2.24) is 0 Å². The molecule has 84 valence electrons. The molecule has 0 bridgehead atoms. The molecule has 0 heterocycles. The van der Waals surface area contributed by atoms with Gasteiger partial charge >= 0.3 is 0 Å². The smallest absolute Gasteiger partial charge is 0.229 e. The quantitative estimate of drug-likeness (QED) is 0.567. The lowest BCUT2D eigenvalue weighted by Crippen LogP contribution is -2.10. The van der Waals surface area contributed by atoms with Gasteiger partial charge in [0.25, 0.3) is 0 Å². The van der Waals surface area contributed by atoms with E-state index in [0.29, 0.717) is 19.1 Å². The van der Waals surface area contributed by atoms with Crippen molar-refractivity contribution < 1.29 is 13.5 Å². The molecule has 0 aliphatic carbocycles. The highest BCUT2D eigenvalue weighted by Crippen LogP contribution is 2.42. The van der Waals surface area contributed by atoms with E-state index in [2.05, 4.69) is 52.5 Å². The van der Waals surface area contributed by atoms with Crippen LogP contribution in [0.4, 0.5) is 5.69 Å². The third kappa shape index (κ3) is 3.33. The number of sulfonamides is 1. The van der Waals surface area contributed by atoms with Crippen molar-refractivity contribution in [3.8, 4) is 5.75 Å². The standard InChI is InChI=1S/C7H6Br3NO3S/c1-15(13,14)11-4-2-3(8)7(12)6(10)5(4)9/h2,11-12H,1H3. The number of anilines is 1. The largest absolute Gasteiger partial charge is 0.506 e. The summed E-state index contributed by atoms with van der Waals surface area (Å²) in [5, 5.41) is 9.51. The molecule has 0 aliphatic heterocycles. The zero-order chi connectivity index (χ0) is 11.8. The Morgan fingerprint density at radius 3 is 2.27 bits per heavy atom. The van der Waals surface area contributed by atoms with Gasteiger partial charge < -0.3 is 5.11 Å². The van der Waals surface area contributed by atoms with Crippen molar-refractivity contribution in [2.45, 2.75) is 0 Å². The first-order valence-corrected chi connectivity index (χ1v) is 7.83. The molecular formula is C7H6Br3NO3S. The number of aromatic hydroxyl groups is 1. The van der Waals surface area contributed by atoms with Gasteiger partial charge in [0.1, 0.15) is 5.75 Å². The normalized spacial score (nSPS) is 11.5. The summed E-state index contributed by atoms with van der Waals surface area (Å²) >= 11 is 9.39. The maximum absolute atomic E-state index is 11.0. The summed E-state index contributed by atoms with van der Waals surface area (Å²) < 4.78 is 25.6. The lowest BCUT2D eigenvalue weighted by molar-refractivity contribution is 0.468. The molecule has 8 heteroatoms. The first kappa shape index (κ1) is 13.3. The molecule has 0 radical (unpaired) electrons. The van der Waals surface area contributed by atoms with Crippen LogP contribution < -0.4 is 4.72 Å². The summed E-state index contributed by atoms with van der Waals surface area (Å²) in [6.45, 7) is 0. The summed E-state index contributed by atoms with van der Waals surface area (Å²) in [6.07, 6.45) is 1.05. The van der Waals surface area contributed by atoms with Gasteiger partial charge in [0, 0.05) is 0 Å². The van der Waals surface area contributed by atoms with Gasteiger partial charge in [0.2, 0.25) is 10.0 Å². The van der Waals surface area contributed by atoms with Crippen molar-refractivity contribution in [2.24, 2.45) is 0 Å². The summed E-state index contributed by atoms with van der Waals surface area (Å²) in [6, 6.07) is 1.46. The van der Waals surface area contributed by atoms with Crippen LogP contribution in [-0.2, 0) is 10.0 Å². The van der Waals surface area contributed by atoms with E-state index in [4.69, 9.17) is 0 Å². The predicted octanol–water partition coefficient (Wildman–Crippen LogP) is 3.05. The summed E-state index contributed by atoms with van der Waals surface area (Å²) in [5.74, 6) is 0.000857. The van der Waals surface area contributed by atoms with E-state index in [-0.39, 0.29) is 5.75 Å². The fourth-order valence-corrected chi connectivity index (χ4v) is 3.07. The fraction of sp³-hybridized carbons (Fsp3) is 0.143. The van der Waals surface area contributed by atoms with E-state index in [1.54, 1.807) is 0 Å². The molecule has 0 aliphatic rings. The molecule has 1 aromatic carbocycles. The lowest BCUT2D eigenvalue weighted by Gasteiger charge is -2.10. The number of benzene rings is 1. The summed E-state index contributed by atoms with van der Waals surface area (Å²) in [4.78, 5) is 0. The second-order valence-electron chi connectivity index (χ2n) is 2.76. The number of hydrogen-bond acceptors (Lipinski definition) is 3. The summed E-state index contributed by atoms with van der Waals surface area (Å²) in [5.41, 5.74) is 0.342. The Hall–Kier alpha value is 0.210. The topological polar surface area (TPSA) is 66.4 Å². The number of nitrogens with one attached hydrogen (secondary N) is 1. The van der Waals surface area contributed by atoms with Crippen LogP contribution in [0.5, 0.6) is 5.75 Å². The van der Waals surface area contributed by atoms with E-state index in [1.165, 1.54) is 6.07 Å². The van der Waals surface area contributed by atoms with Crippen LogP contribution in [0.25, 0.3) is 0 Å². The highest BCUT2D eigenvalue weighted by atomic mass is 79.9. The van der Waals surface area contributed by atoms with Gasteiger partial charge in [0.05, 0.1) is 25.4 Å². The second kappa shape index (κ2) is 4.60. The molecule has 0 fully saturated rings. The monoisotopic (exact) mass is 421 g/mol. The van der Waals surface area contributed by atoms with Gasteiger partial charge in [-0.25, -0.2) is 8.42 Å². The van der Waals surface area contributed by atoms with Crippen LogP contribution >= 0.6 is 47.8 Å². The molecule has 0 spiro atoms. The third-order valence-electron chi connectivity index (χ3n) is 1.43. The molecular weight excluding hydrogens is 418 g/mol. The number of phenolic OH excluding ortho intramolecular Hbond substituents is 1. The first-order chi connectivity index (χ1) is 6.72. The van der Waals surface area contributed by atoms with Crippen LogP contribution in [0.3, 0.4) is 0 Å². The number of rotatable bonds is 2. The van der Waals surface area contributed by atoms with Gasteiger partial charge in [0.15, 0.2) is 0 Å². The van der Waals surface area contributed by atoms with Crippen molar-refractivity contribution in [2.75, 3.05) is 11.0 Å². The molecule has 0 unspecified atom stereocenters. The second-order valence-corrected chi connectivity index (χ2v) is 6.95. The van der Waals surface area contributed by atoms with Gasteiger partial charge in [-0.3, -0.25) is 4.72 Å². The van der Waals surface area contributed by atoms with E-state index in [1.807, 2.05) is 0 Å². The molecule has 2 N–H and O–H groups in total. The Morgan fingerprint density at radius 2 is 1.80 bits per heavy atom. The molecule has 1 rings (SSSR count). The van der Waals surface area contributed by atoms with E-state index in [9.17, 15) is 13.5 Å². The highest BCUT2D eigenvalue weighted by Gasteiger charge is 2.14. The van der Waals surface area contributed by atoms with Crippen LogP contribution in [0.15, 0.2) is 19.5 Å². The van der Waals surface area contributed by atoms with Crippen molar-refractivity contribution in [1.29, 1.82) is 0 Å². The minimum Gasteiger partial charge on any atom is -0.506 e. The highest BCUT2D eigenvalue weighted by molar-refractivity contribution is 9.13. The van der Waals surface area contributed by atoms with Crippen LogP contribution in [-0.4, -0.2) is 19.8 Å². The van der Waals surface area contributed by atoms with Crippen molar-refractivity contribution in [3.63, 3.8) is 0 Å². The number of halogens is 3. The summed E-state index contributed by atoms with van der Waals surface area (Å²) in [7, 11) is -3.35. The maximum Gasteiger partial charge on any atom is 0.229 e. The van der Waals surface area contributed by atoms with Gasteiger partial charge in [-0.15, -0.1) is 0 Å². The van der Waals surface area contributed by atoms with Crippen LogP contribution in [0.2, 0.25) is 0 Å². The van der Waals surface area contributed by atoms with Crippen molar-refractivity contribution in [3.05, 3.63) is 19.5 Å². The fourth-order valence-electron chi connectivity index (χ4n) is 0.859. The Bertz CT molecular complexity index is 501. The van der Waals surface area contributed by atoms with E-state index >= 15 is 0 Å².